The summed E-state index contributed by atoms with van der Waals surface area (Å²) in [6.45, 7) is 0. The van der Waals surface area contributed by atoms with Gasteiger partial charge in [0, 0.05) is 30.3 Å². The van der Waals surface area contributed by atoms with Crippen molar-refractivity contribution in [1.29, 1.82) is 5.26 Å². The third-order valence-corrected chi connectivity index (χ3v) is 4.79. The topological polar surface area (TPSA) is 82.2 Å². The third kappa shape index (κ3) is 2.57. The number of nitro groups is 1. The fraction of sp³-hybridized carbons (Fsp3) is 0.533. The summed E-state index contributed by atoms with van der Waals surface area (Å²) in [7, 11) is 2.19. The molecule has 1 aromatic carbocycles. The SMILES string of the molecule is CN1C2CCC1CC(Nc1ccc([N+](=O)[O-])cc1C#N)C2. The zero-order valence-corrected chi connectivity index (χ0v) is 12.0. The molecule has 2 heterocycles. The second kappa shape index (κ2) is 5.34. The highest BCUT2D eigenvalue weighted by Crippen LogP contribution is 2.36. The Morgan fingerprint density at radius 1 is 1.38 bits per heavy atom. The minimum Gasteiger partial charge on any atom is -0.381 e. The zero-order chi connectivity index (χ0) is 15.0. The highest BCUT2D eigenvalue weighted by molar-refractivity contribution is 5.61. The van der Waals surface area contributed by atoms with E-state index >= 15 is 0 Å². The Bertz CT molecular complexity index is 596. The summed E-state index contributed by atoms with van der Waals surface area (Å²) >= 11 is 0. The van der Waals surface area contributed by atoms with Gasteiger partial charge in [-0.15, -0.1) is 0 Å². The molecule has 2 atom stereocenters. The van der Waals surface area contributed by atoms with Gasteiger partial charge in [-0.05, 0) is 38.8 Å². The third-order valence-electron chi connectivity index (χ3n) is 4.79. The van der Waals surface area contributed by atoms with E-state index in [1.54, 1.807) is 6.07 Å². The molecule has 0 aliphatic carbocycles. The number of nitriles is 1. The molecular formula is C15H18N4O2. The van der Waals surface area contributed by atoms with E-state index in [1.165, 1.54) is 25.0 Å². The van der Waals surface area contributed by atoms with Crippen LogP contribution >= 0.6 is 0 Å². The quantitative estimate of drug-likeness (QED) is 0.682. The van der Waals surface area contributed by atoms with Crippen molar-refractivity contribution in [3.63, 3.8) is 0 Å². The Morgan fingerprint density at radius 2 is 2.05 bits per heavy atom. The molecule has 6 heteroatoms. The first-order valence-electron chi connectivity index (χ1n) is 7.25. The van der Waals surface area contributed by atoms with E-state index in [1.807, 2.05) is 6.07 Å². The van der Waals surface area contributed by atoms with Gasteiger partial charge in [-0.25, -0.2) is 0 Å². The van der Waals surface area contributed by atoms with E-state index in [4.69, 9.17) is 0 Å². The van der Waals surface area contributed by atoms with Crippen LogP contribution in [0.25, 0.3) is 0 Å². The highest BCUT2D eigenvalue weighted by atomic mass is 16.6. The van der Waals surface area contributed by atoms with Crippen molar-refractivity contribution in [2.45, 2.75) is 43.8 Å². The number of anilines is 1. The van der Waals surface area contributed by atoms with Crippen molar-refractivity contribution in [3.05, 3.63) is 33.9 Å². The molecule has 0 radical (unpaired) electrons. The fourth-order valence-electron chi connectivity index (χ4n) is 3.61. The highest BCUT2D eigenvalue weighted by Gasteiger charge is 2.38. The molecule has 2 bridgehead atoms. The van der Waals surface area contributed by atoms with E-state index in [0.29, 0.717) is 29.4 Å². The molecule has 0 spiro atoms. The number of benzene rings is 1. The molecule has 6 nitrogen and oxygen atoms in total. The van der Waals surface area contributed by atoms with E-state index in [2.05, 4.69) is 17.3 Å². The molecule has 1 N–H and O–H groups in total. The van der Waals surface area contributed by atoms with Crippen molar-refractivity contribution < 1.29 is 4.92 Å². The van der Waals surface area contributed by atoms with Crippen LogP contribution in [0, 0.1) is 21.4 Å². The van der Waals surface area contributed by atoms with Gasteiger partial charge in [0.2, 0.25) is 0 Å². The van der Waals surface area contributed by atoms with Gasteiger partial charge >= 0.3 is 0 Å². The van der Waals surface area contributed by atoms with Crippen LogP contribution in [-0.4, -0.2) is 35.0 Å². The van der Waals surface area contributed by atoms with Crippen LogP contribution in [-0.2, 0) is 0 Å². The molecule has 2 aliphatic rings. The Morgan fingerprint density at radius 3 is 2.62 bits per heavy atom. The summed E-state index contributed by atoms with van der Waals surface area (Å²) in [5, 5.41) is 23.4. The van der Waals surface area contributed by atoms with Gasteiger partial charge in [0.1, 0.15) is 6.07 Å². The number of piperidine rings is 1. The minimum atomic E-state index is -0.472. The fourth-order valence-corrected chi connectivity index (χ4v) is 3.61. The van der Waals surface area contributed by atoms with Gasteiger partial charge in [0.15, 0.2) is 0 Å². The van der Waals surface area contributed by atoms with E-state index in [0.717, 1.165) is 12.8 Å². The van der Waals surface area contributed by atoms with Gasteiger partial charge < -0.3 is 10.2 Å². The maximum Gasteiger partial charge on any atom is 0.270 e. The Hall–Kier alpha value is -2.13. The molecule has 110 valence electrons. The average Bonchev–Trinajstić information content (AvgIpc) is 2.70. The number of non-ortho nitro benzene ring substituents is 1. The van der Waals surface area contributed by atoms with Crippen molar-refractivity contribution in [2.24, 2.45) is 0 Å². The summed E-state index contributed by atoms with van der Waals surface area (Å²) in [4.78, 5) is 12.8. The van der Waals surface area contributed by atoms with E-state index in [9.17, 15) is 15.4 Å². The molecule has 2 fully saturated rings. The molecule has 21 heavy (non-hydrogen) atoms. The first-order chi connectivity index (χ1) is 10.1. The predicted octanol–water partition coefficient (Wildman–Crippen LogP) is 2.50. The lowest BCUT2D eigenvalue weighted by Gasteiger charge is -2.37. The standard InChI is InChI=1S/C15H18N4O2/c1-18-12-2-3-13(18)8-11(7-12)17-15-5-4-14(19(20)21)6-10(15)9-16/h4-6,11-13,17H,2-3,7-8H2,1H3. The molecular weight excluding hydrogens is 268 g/mol. The van der Waals surface area contributed by atoms with Crippen LogP contribution in [0.4, 0.5) is 11.4 Å². The lowest BCUT2D eigenvalue weighted by atomic mass is 9.97. The number of rotatable bonds is 3. The number of hydrogen-bond donors (Lipinski definition) is 1. The molecule has 3 rings (SSSR count). The van der Waals surface area contributed by atoms with Crippen molar-refractivity contribution >= 4 is 11.4 Å². The second-order valence-electron chi connectivity index (χ2n) is 5.96. The number of nitro benzene ring substituents is 1. The van der Waals surface area contributed by atoms with Gasteiger partial charge in [-0.3, -0.25) is 10.1 Å². The summed E-state index contributed by atoms with van der Waals surface area (Å²) in [6.07, 6.45) is 4.61. The molecule has 2 unspecified atom stereocenters. The van der Waals surface area contributed by atoms with Crippen LogP contribution in [0.5, 0.6) is 0 Å². The first-order valence-corrected chi connectivity index (χ1v) is 7.25. The smallest absolute Gasteiger partial charge is 0.270 e. The molecule has 2 aliphatic heterocycles. The number of nitrogens with one attached hydrogen (secondary N) is 1. The maximum atomic E-state index is 10.8. The van der Waals surface area contributed by atoms with Gasteiger partial charge in [-0.2, -0.15) is 5.26 Å². The summed E-state index contributed by atoms with van der Waals surface area (Å²) in [5.41, 5.74) is 1.01. The van der Waals surface area contributed by atoms with Crippen LogP contribution in [0.1, 0.15) is 31.2 Å². The van der Waals surface area contributed by atoms with Crippen molar-refractivity contribution in [1.82, 2.24) is 4.90 Å². The van der Waals surface area contributed by atoms with Gasteiger partial charge in [-0.1, -0.05) is 0 Å². The molecule has 0 saturated carbocycles. The van der Waals surface area contributed by atoms with E-state index in [-0.39, 0.29) is 5.69 Å². The van der Waals surface area contributed by atoms with Crippen molar-refractivity contribution in [3.8, 4) is 6.07 Å². The normalized spacial score (nSPS) is 28.1. The average molecular weight is 286 g/mol. The van der Waals surface area contributed by atoms with Gasteiger partial charge in [0.25, 0.3) is 5.69 Å². The first kappa shape index (κ1) is 13.8. The molecule has 1 aromatic rings. The summed E-state index contributed by atoms with van der Waals surface area (Å²) in [5.74, 6) is 0. The number of nitrogens with zero attached hydrogens (tertiary/aromatic N) is 3. The van der Waals surface area contributed by atoms with Crippen LogP contribution in [0.3, 0.4) is 0 Å². The lowest BCUT2D eigenvalue weighted by Crippen LogP contribution is -2.44. The monoisotopic (exact) mass is 286 g/mol. The molecule has 0 amide bonds. The van der Waals surface area contributed by atoms with Gasteiger partial charge in [0.05, 0.1) is 16.2 Å². The Balaban J connectivity index is 1.77. The van der Waals surface area contributed by atoms with E-state index < -0.39 is 4.92 Å². The largest absolute Gasteiger partial charge is 0.381 e. The van der Waals surface area contributed by atoms with Crippen LogP contribution < -0.4 is 5.32 Å². The van der Waals surface area contributed by atoms with Crippen LogP contribution in [0.2, 0.25) is 0 Å². The predicted molar refractivity (Wildman–Crippen MR) is 79.0 cm³/mol. The molecule has 0 aromatic heterocycles. The minimum absolute atomic E-state index is 0.0412. The summed E-state index contributed by atoms with van der Waals surface area (Å²) in [6, 6.07) is 8.06. The van der Waals surface area contributed by atoms with Crippen LogP contribution in [0.15, 0.2) is 18.2 Å². The Kier molecular flexibility index (Phi) is 3.52. The maximum absolute atomic E-state index is 10.8. The molecule has 2 saturated heterocycles. The number of fused-ring (bicyclic) bond motifs is 2. The lowest BCUT2D eigenvalue weighted by molar-refractivity contribution is -0.384. The zero-order valence-electron chi connectivity index (χ0n) is 12.0. The second-order valence-corrected chi connectivity index (χ2v) is 5.96. The Labute approximate surface area is 123 Å². The van der Waals surface area contributed by atoms with Crippen molar-refractivity contribution in [2.75, 3.05) is 12.4 Å². The summed E-state index contributed by atoms with van der Waals surface area (Å²) < 4.78 is 0. The number of hydrogen-bond acceptors (Lipinski definition) is 5.